The average molecular weight is 396 g/mol. The molecule has 3 aromatic rings. The number of benzene rings is 3. The molecule has 0 fully saturated rings. The fraction of sp³-hybridized carbons (Fsp3) is 0.136. The second kappa shape index (κ2) is 8.27. The van der Waals surface area contributed by atoms with Crippen LogP contribution < -0.4 is 4.74 Å². The van der Waals surface area contributed by atoms with Crippen molar-refractivity contribution in [1.82, 2.24) is 0 Å². The Hall–Kier alpha value is -3.12. The number of carbonyl (C=O) groups is 1. The number of sulfone groups is 1. The monoisotopic (exact) mass is 396 g/mol. The van der Waals surface area contributed by atoms with Gasteiger partial charge >= 0.3 is 5.97 Å². The second-order valence-electron chi connectivity index (χ2n) is 6.45. The van der Waals surface area contributed by atoms with Crippen molar-refractivity contribution >= 4 is 15.8 Å². The van der Waals surface area contributed by atoms with E-state index >= 15 is 0 Å². The average Bonchev–Trinajstić information content (AvgIpc) is 2.66. The molecule has 0 amide bonds. The van der Waals surface area contributed by atoms with Crippen LogP contribution in [0.4, 0.5) is 0 Å². The van der Waals surface area contributed by atoms with Crippen LogP contribution in [0.15, 0.2) is 77.7 Å². The van der Waals surface area contributed by atoms with Crippen LogP contribution in [0.3, 0.4) is 0 Å². The third-order valence-electron chi connectivity index (χ3n) is 4.19. The van der Waals surface area contributed by atoms with Crippen LogP contribution in [0, 0.1) is 0 Å². The summed E-state index contributed by atoms with van der Waals surface area (Å²) < 4.78 is 30.7. The number of carboxylic acid groups (broad SMARTS) is 1. The van der Waals surface area contributed by atoms with Crippen molar-refractivity contribution in [2.24, 2.45) is 0 Å². The number of hydrogen-bond donors (Lipinski definition) is 1. The Morgan fingerprint density at radius 2 is 1.54 bits per heavy atom. The fourth-order valence-corrected chi connectivity index (χ4v) is 4.11. The van der Waals surface area contributed by atoms with Crippen molar-refractivity contribution < 1.29 is 23.1 Å². The Bertz CT molecular complexity index is 1070. The minimum absolute atomic E-state index is 0.0782. The highest BCUT2D eigenvalue weighted by Crippen LogP contribution is 2.35. The molecule has 6 heteroatoms. The first-order valence-electron chi connectivity index (χ1n) is 8.65. The first-order chi connectivity index (χ1) is 13.3. The van der Waals surface area contributed by atoms with Crippen molar-refractivity contribution in [3.63, 3.8) is 0 Å². The molecule has 0 heterocycles. The van der Waals surface area contributed by atoms with Crippen molar-refractivity contribution in [2.45, 2.75) is 17.9 Å². The summed E-state index contributed by atoms with van der Waals surface area (Å²) in [4.78, 5) is 11.3. The Kier molecular flexibility index (Phi) is 5.80. The molecule has 0 bridgehead atoms. The smallest absolute Gasteiger partial charge is 0.307 e. The zero-order valence-electron chi connectivity index (χ0n) is 15.3. The highest BCUT2D eigenvalue weighted by molar-refractivity contribution is 7.90. The molecule has 0 radical (unpaired) electrons. The zero-order chi connectivity index (χ0) is 20.1. The van der Waals surface area contributed by atoms with E-state index in [-0.39, 0.29) is 22.8 Å². The van der Waals surface area contributed by atoms with Crippen LogP contribution in [0.25, 0.3) is 11.1 Å². The first kappa shape index (κ1) is 19.6. The van der Waals surface area contributed by atoms with Gasteiger partial charge in [-0.3, -0.25) is 4.79 Å². The lowest BCUT2D eigenvalue weighted by atomic mass is 10.0. The molecule has 144 valence electrons. The van der Waals surface area contributed by atoms with Gasteiger partial charge < -0.3 is 9.84 Å². The van der Waals surface area contributed by atoms with Gasteiger partial charge in [-0.15, -0.1) is 0 Å². The molecule has 1 N–H and O–H groups in total. The Balaban J connectivity index is 2.13. The number of hydrogen-bond acceptors (Lipinski definition) is 4. The molecule has 0 spiro atoms. The largest absolute Gasteiger partial charge is 0.488 e. The van der Waals surface area contributed by atoms with Crippen molar-refractivity contribution in [3.8, 4) is 16.9 Å². The molecule has 0 aliphatic carbocycles. The van der Waals surface area contributed by atoms with Crippen LogP contribution >= 0.6 is 0 Å². The van der Waals surface area contributed by atoms with Gasteiger partial charge in [0.15, 0.2) is 9.84 Å². The first-order valence-corrected chi connectivity index (χ1v) is 10.5. The van der Waals surface area contributed by atoms with Gasteiger partial charge in [0, 0.05) is 6.26 Å². The molecule has 28 heavy (non-hydrogen) atoms. The van der Waals surface area contributed by atoms with Crippen LogP contribution in [-0.2, 0) is 27.7 Å². The maximum Gasteiger partial charge on any atom is 0.307 e. The topological polar surface area (TPSA) is 80.7 Å². The van der Waals surface area contributed by atoms with E-state index in [9.17, 15) is 18.3 Å². The lowest BCUT2D eigenvalue weighted by Crippen LogP contribution is -2.11. The molecular formula is C22H20O5S. The van der Waals surface area contributed by atoms with E-state index in [1.165, 1.54) is 0 Å². The second-order valence-corrected chi connectivity index (χ2v) is 8.40. The van der Waals surface area contributed by atoms with E-state index in [1.807, 2.05) is 60.7 Å². The highest BCUT2D eigenvalue weighted by Gasteiger charge is 2.23. The Morgan fingerprint density at radius 1 is 0.929 bits per heavy atom. The lowest BCUT2D eigenvalue weighted by molar-refractivity contribution is -0.136. The van der Waals surface area contributed by atoms with Crippen molar-refractivity contribution in [3.05, 3.63) is 83.9 Å². The fourth-order valence-electron chi connectivity index (χ4n) is 3.01. The third-order valence-corrected chi connectivity index (χ3v) is 5.39. The maximum absolute atomic E-state index is 12.4. The van der Waals surface area contributed by atoms with Gasteiger partial charge in [-0.25, -0.2) is 8.42 Å². The van der Waals surface area contributed by atoms with E-state index in [1.54, 1.807) is 12.1 Å². The van der Waals surface area contributed by atoms with E-state index in [0.717, 1.165) is 17.4 Å². The van der Waals surface area contributed by atoms with Crippen molar-refractivity contribution in [2.75, 3.05) is 6.26 Å². The number of ether oxygens (including phenoxy) is 1. The van der Waals surface area contributed by atoms with Crippen LogP contribution in [0.1, 0.15) is 11.1 Å². The molecular weight excluding hydrogens is 376 g/mol. The van der Waals surface area contributed by atoms with E-state index < -0.39 is 22.2 Å². The quantitative estimate of drug-likeness (QED) is 0.654. The Labute approximate surface area is 164 Å². The summed E-state index contributed by atoms with van der Waals surface area (Å²) in [5, 5.41) is 9.28. The highest BCUT2D eigenvalue weighted by atomic mass is 32.2. The summed E-state index contributed by atoms with van der Waals surface area (Å²) in [7, 11) is -3.70. The normalized spacial score (nSPS) is 11.2. The molecule has 0 aliphatic rings. The predicted molar refractivity (Wildman–Crippen MR) is 107 cm³/mol. The van der Waals surface area contributed by atoms with Gasteiger partial charge in [0.25, 0.3) is 0 Å². The van der Waals surface area contributed by atoms with Gasteiger partial charge in [-0.05, 0) is 34.4 Å². The summed E-state index contributed by atoms with van der Waals surface area (Å²) in [5.74, 6) is -0.951. The lowest BCUT2D eigenvalue weighted by Gasteiger charge is -2.16. The van der Waals surface area contributed by atoms with Crippen LogP contribution in [-0.4, -0.2) is 25.7 Å². The Morgan fingerprint density at radius 3 is 2.11 bits per heavy atom. The van der Waals surface area contributed by atoms with E-state index in [0.29, 0.717) is 5.56 Å². The summed E-state index contributed by atoms with van der Waals surface area (Å²) in [6, 6.07) is 22.0. The summed E-state index contributed by atoms with van der Waals surface area (Å²) >= 11 is 0. The van der Waals surface area contributed by atoms with Crippen LogP contribution in [0.5, 0.6) is 5.75 Å². The summed E-state index contributed by atoms with van der Waals surface area (Å²) in [5.41, 5.74) is 2.64. The molecule has 0 aromatic heterocycles. The molecule has 0 saturated carbocycles. The number of aliphatic carboxylic acids is 1. The summed E-state index contributed by atoms with van der Waals surface area (Å²) in [6.07, 6.45) is 0.649. The number of carboxylic acids is 1. The molecule has 0 unspecified atom stereocenters. The van der Waals surface area contributed by atoms with Crippen molar-refractivity contribution in [1.29, 1.82) is 0 Å². The summed E-state index contributed by atoms with van der Waals surface area (Å²) in [6.45, 7) is 0.175. The van der Waals surface area contributed by atoms with Gasteiger partial charge in [0.1, 0.15) is 17.3 Å². The zero-order valence-corrected chi connectivity index (χ0v) is 16.1. The third kappa shape index (κ3) is 4.78. The maximum atomic E-state index is 12.4. The standard InChI is InChI=1S/C22H20O5S/c1-28(25,26)22-19(14-21(23)24)12-18(17-10-6-3-7-11-17)13-20(22)27-15-16-8-4-2-5-9-16/h2-13H,14-15H2,1H3,(H,23,24). The van der Waals surface area contributed by atoms with Gasteiger partial charge in [0.2, 0.25) is 0 Å². The predicted octanol–water partition coefficient (Wildman–Crippen LogP) is 3.96. The molecule has 0 saturated heterocycles. The van der Waals surface area contributed by atoms with Gasteiger partial charge in [0.05, 0.1) is 6.42 Å². The number of rotatable bonds is 7. The van der Waals surface area contributed by atoms with Gasteiger partial charge in [-0.1, -0.05) is 60.7 Å². The molecule has 3 rings (SSSR count). The van der Waals surface area contributed by atoms with E-state index in [2.05, 4.69) is 0 Å². The van der Waals surface area contributed by atoms with Gasteiger partial charge in [-0.2, -0.15) is 0 Å². The minimum atomic E-state index is -3.70. The molecule has 0 atom stereocenters. The SMILES string of the molecule is CS(=O)(=O)c1c(CC(=O)O)cc(-c2ccccc2)cc1OCc1ccccc1. The minimum Gasteiger partial charge on any atom is -0.488 e. The van der Waals surface area contributed by atoms with Crippen LogP contribution in [0.2, 0.25) is 0 Å². The molecule has 0 aliphatic heterocycles. The van der Waals surface area contributed by atoms with E-state index in [4.69, 9.17) is 4.74 Å². The molecule has 3 aromatic carbocycles. The molecule has 5 nitrogen and oxygen atoms in total.